The van der Waals surface area contributed by atoms with Crippen LogP contribution in [0.25, 0.3) is 0 Å². The molecule has 2 rings (SSSR count). The number of nitro groups is 1. The Labute approximate surface area is 132 Å². The van der Waals surface area contributed by atoms with Crippen LogP contribution in [-0.2, 0) is 5.75 Å². The fourth-order valence-corrected chi connectivity index (χ4v) is 2.49. The van der Waals surface area contributed by atoms with Crippen molar-refractivity contribution in [3.63, 3.8) is 0 Å². The number of hydrogen-bond acceptors (Lipinski definition) is 5. The smallest absolute Gasteiger partial charge is 0.269 e. The van der Waals surface area contributed by atoms with Gasteiger partial charge in [0.2, 0.25) is 4.38 Å². The van der Waals surface area contributed by atoms with Gasteiger partial charge >= 0.3 is 0 Å². The van der Waals surface area contributed by atoms with Crippen LogP contribution in [0.15, 0.2) is 48.5 Å². The summed E-state index contributed by atoms with van der Waals surface area (Å²) in [4.78, 5) is 10.2. The third kappa shape index (κ3) is 4.84. The first kappa shape index (κ1) is 15.5. The number of rotatable bonds is 4. The molecule has 0 amide bonds. The number of hydrogen-bond donors (Lipinski definition) is 0. The lowest BCUT2D eigenvalue weighted by atomic mass is 10.2. The summed E-state index contributed by atoms with van der Waals surface area (Å²) in [6.45, 7) is 2.01. The fourth-order valence-electron chi connectivity index (χ4n) is 1.59. The summed E-state index contributed by atoms with van der Waals surface area (Å²) in [5, 5.41) is 10.6. The second-order valence-corrected chi connectivity index (χ2v) is 5.95. The molecule has 0 aromatic heterocycles. The van der Waals surface area contributed by atoms with E-state index in [4.69, 9.17) is 17.0 Å². The third-order valence-electron chi connectivity index (χ3n) is 2.73. The highest BCUT2D eigenvalue weighted by molar-refractivity contribution is 8.22. The van der Waals surface area contributed by atoms with E-state index in [1.54, 1.807) is 12.1 Å². The molecule has 0 bridgehead atoms. The summed E-state index contributed by atoms with van der Waals surface area (Å²) in [6.07, 6.45) is 0. The van der Waals surface area contributed by atoms with E-state index >= 15 is 0 Å². The largest absolute Gasteiger partial charge is 0.440 e. The first-order valence-electron chi connectivity index (χ1n) is 6.19. The van der Waals surface area contributed by atoms with Gasteiger partial charge in [-0.1, -0.05) is 41.6 Å². The molecule has 21 heavy (non-hydrogen) atoms. The summed E-state index contributed by atoms with van der Waals surface area (Å²) in [5.74, 6) is 1.32. The van der Waals surface area contributed by atoms with Crippen molar-refractivity contribution >= 4 is 34.0 Å². The van der Waals surface area contributed by atoms with Gasteiger partial charge in [0, 0.05) is 17.9 Å². The molecule has 108 valence electrons. The Morgan fingerprint density at radius 3 is 2.38 bits per heavy atom. The van der Waals surface area contributed by atoms with Gasteiger partial charge in [-0.05, 0) is 36.8 Å². The number of non-ortho nitro benzene ring substituents is 1. The summed E-state index contributed by atoms with van der Waals surface area (Å²) < 4.78 is 5.97. The third-order valence-corrected chi connectivity index (χ3v) is 3.96. The van der Waals surface area contributed by atoms with E-state index in [0.29, 0.717) is 15.9 Å². The lowest BCUT2D eigenvalue weighted by Crippen LogP contribution is -2.00. The molecule has 0 aliphatic rings. The van der Waals surface area contributed by atoms with Gasteiger partial charge in [0.15, 0.2) is 0 Å². The van der Waals surface area contributed by atoms with Gasteiger partial charge in [0.05, 0.1) is 4.92 Å². The lowest BCUT2D eigenvalue weighted by Gasteiger charge is -2.06. The van der Waals surface area contributed by atoms with Gasteiger partial charge in [-0.15, -0.1) is 0 Å². The van der Waals surface area contributed by atoms with Crippen LogP contribution in [0, 0.1) is 17.0 Å². The molecule has 0 saturated carbocycles. The van der Waals surface area contributed by atoms with Crippen molar-refractivity contribution in [2.45, 2.75) is 12.7 Å². The lowest BCUT2D eigenvalue weighted by molar-refractivity contribution is -0.384. The van der Waals surface area contributed by atoms with Gasteiger partial charge in [-0.25, -0.2) is 0 Å². The van der Waals surface area contributed by atoms with E-state index in [1.807, 2.05) is 31.2 Å². The molecule has 2 aromatic rings. The molecule has 4 nitrogen and oxygen atoms in total. The number of ether oxygens (including phenoxy) is 1. The number of thioether (sulfide) groups is 1. The van der Waals surface area contributed by atoms with Crippen molar-refractivity contribution in [2.75, 3.05) is 0 Å². The first-order chi connectivity index (χ1) is 10.0. The Morgan fingerprint density at radius 1 is 1.19 bits per heavy atom. The van der Waals surface area contributed by atoms with Crippen LogP contribution in [0.4, 0.5) is 5.69 Å². The molecule has 0 heterocycles. The van der Waals surface area contributed by atoms with Crippen LogP contribution < -0.4 is 4.74 Å². The van der Waals surface area contributed by atoms with E-state index in [0.717, 1.165) is 11.1 Å². The van der Waals surface area contributed by atoms with Gasteiger partial charge in [0.1, 0.15) is 5.75 Å². The summed E-state index contributed by atoms with van der Waals surface area (Å²) in [6, 6.07) is 14.1. The maximum Gasteiger partial charge on any atom is 0.269 e. The van der Waals surface area contributed by atoms with Crippen molar-refractivity contribution in [1.82, 2.24) is 0 Å². The molecule has 2 aromatic carbocycles. The van der Waals surface area contributed by atoms with Gasteiger partial charge in [-0.3, -0.25) is 10.1 Å². The zero-order chi connectivity index (χ0) is 15.2. The second-order valence-electron chi connectivity index (χ2n) is 4.38. The fraction of sp³-hybridized carbons (Fsp3) is 0.133. The summed E-state index contributed by atoms with van der Waals surface area (Å²) >= 11 is 6.55. The van der Waals surface area contributed by atoms with Crippen LogP contribution >= 0.6 is 24.0 Å². The Hall–Kier alpha value is -1.92. The zero-order valence-electron chi connectivity index (χ0n) is 11.3. The molecule has 0 aliphatic carbocycles. The minimum Gasteiger partial charge on any atom is -0.440 e. The topological polar surface area (TPSA) is 52.4 Å². The molecule has 0 aliphatic heterocycles. The van der Waals surface area contributed by atoms with Gasteiger partial charge in [0.25, 0.3) is 5.69 Å². The highest BCUT2D eigenvalue weighted by Crippen LogP contribution is 2.20. The van der Waals surface area contributed by atoms with Crippen molar-refractivity contribution < 1.29 is 9.66 Å². The van der Waals surface area contributed by atoms with Crippen LogP contribution in [0.1, 0.15) is 11.1 Å². The maximum atomic E-state index is 10.6. The van der Waals surface area contributed by atoms with E-state index < -0.39 is 4.92 Å². The van der Waals surface area contributed by atoms with Crippen LogP contribution in [0.5, 0.6) is 5.75 Å². The van der Waals surface area contributed by atoms with Crippen molar-refractivity contribution in [3.05, 3.63) is 69.8 Å². The highest BCUT2D eigenvalue weighted by atomic mass is 32.2. The predicted octanol–water partition coefficient (Wildman–Crippen LogP) is 4.50. The zero-order valence-corrected chi connectivity index (χ0v) is 12.9. The number of nitrogens with zero attached hydrogens (tertiary/aromatic N) is 1. The molecule has 0 spiro atoms. The minimum absolute atomic E-state index is 0.0854. The number of aryl methyl sites for hydroxylation is 1. The standard InChI is InChI=1S/C15H13NO3S2/c1-11-2-8-14(9-3-11)19-15(20)21-10-12-4-6-13(7-5-12)16(17)18/h2-9H,10H2,1H3. The van der Waals surface area contributed by atoms with Crippen LogP contribution in [-0.4, -0.2) is 9.31 Å². The average Bonchev–Trinajstić information content (AvgIpc) is 2.48. The molecule has 6 heteroatoms. The maximum absolute atomic E-state index is 10.6. The molecule has 0 N–H and O–H groups in total. The Balaban J connectivity index is 1.86. The summed E-state index contributed by atoms with van der Waals surface area (Å²) in [5.41, 5.74) is 2.20. The van der Waals surface area contributed by atoms with Crippen LogP contribution in [0.3, 0.4) is 0 Å². The Morgan fingerprint density at radius 2 is 1.81 bits per heavy atom. The molecule has 0 fully saturated rings. The predicted molar refractivity (Wildman–Crippen MR) is 88.8 cm³/mol. The highest BCUT2D eigenvalue weighted by Gasteiger charge is 2.06. The van der Waals surface area contributed by atoms with Crippen molar-refractivity contribution in [1.29, 1.82) is 0 Å². The van der Waals surface area contributed by atoms with E-state index in [2.05, 4.69) is 0 Å². The monoisotopic (exact) mass is 319 g/mol. The second kappa shape index (κ2) is 7.19. The Bertz CT molecular complexity index is 639. The number of nitro benzene ring substituents is 1. The number of benzene rings is 2. The van der Waals surface area contributed by atoms with Crippen molar-refractivity contribution in [2.24, 2.45) is 0 Å². The Kier molecular flexibility index (Phi) is 5.30. The molecule has 0 saturated heterocycles. The quantitative estimate of drug-likeness (QED) is 0.472. The first-order valence-corrected chi connectivity index (χ1v) is 7.58. The van der Waals surface area contributed by atoms with E-state index in [-0.39, 0.29) is 5.69 Å². The molecule has 0 radical (unpaired) electrons. The van der Waals surface area contributed by atoms with Gasteiger partial charge in [-0.2, -0.15) is 0 Å². The van der Waals surface area contributed by atoms with E-state index in [1.165, 1.54) is 23.9 Å². The molecular formula is C15H13NO3S2. The average molecular weight is 319 g/mol. The molecule has 0 unspecified atom stereocenters. The van der Waals surface area contributed by atoms with Gasteiger partial charge < -0.3 is 4.74 Å². The number of thiocarbonyl (C=S) groups is 1. The van der Waals surface area contributed by atoms with Crippen LogP contribution in [0.2, 0.25) is 0 Å². The van der Waals surface area contributed by atoms with Crippen molar-refractivity contribution in [3.8, 4) is 5.75 Å². The molecule has 0 atom stereocenters. The summed E-state index contributed by atoms with van der Waals surface area (Å²) in [7, 11) is 0. The minimum atomic E-state index is -0.415. The normalized spacial score (nSPS) is 10.1. The molecular weight excluding hydrogens is 306 g/mol. The SMILES string of the molecule is Cc1ccc(OC(=S)SCc2ccc([N+](=O)[O-])cc2)cc1. The van der Waals surface area contributed by atoms with E-state index in [9.17, 15) is 10.1 Å².